The molecule has 0 saturated carbocycles. The van der Waals surface area contributed by atoms with Crippen molar-refractivity contribution in [2.45, 2.75) is 6.42 Å². The number of aromatic nitrogens is 3. The van der Waals surface area contributed by atoms with Gasteiger partial charge in [-0.25, -0.2) is 0 Å². The molecule has 0 fully saturated rings. The summed E-state index contributed by atoms with van der Waals surface area (Å²) in [6.45, 7) is 0.478. The molecule has 0 aliphatic heterocycles. The van der Waals surface area contributed by atoms with E-state index in [1.54, 1.807) is 25.3 Å². The zero-order valence-electron chi connectivity index (χ0n) is 15.2. The number of rotatable bonds is 7. The van der Waals surface area contributed by atoms with Crippen LogP contribution in [0.5, 0.6) is 11.5 Å². The molecule has 0 unspecified atom stereocenters. The van der Waals surface area contributed by atoms with Gasteiger partial charge in [-0.3, -0.25) is 4.79 Å². The van der Waals surface area contributed by atoms with Gasteiger partial charge in [0, 0.05) is 12.6 Å². The molecule has 0 radical (unpaired) electrons. The Balaban J connectivity index is 1.72. The summed E-state index contributed by atoms with van der Waals surface area (Å²) in [5, 5.41) is 10.7. The fourth-order valence-corrected chi connectivity index (χ4v) is 2.65. The van der Waals surface area contributed by atoms with Gasteiger partial charge < -0.3 is 20.5 Å². The van der Waals surface area contributed by atoms with E-state index in [9.17, 15) is 4.79 Å². The zero-order chi connectivity index (χ0) is 19.2. The molecule has 0 bridgehead atoms. The van der Waals surface area contributed by atoms with Crippen LogP contribution in [0.15, 0.2) is 48.5 Å². The number of nitrogen functional groups attached to an aromatic ring is 1. The van der Waals surface area contributed by atoms with Crippen molar-refractivity contribution in [2.24, 2.45) is 0 Å². The SMILES string of the molecule is COc1ccc(-n2nnc(C(=O)NCCc3ccccc3)c2N)cc1OC. The van der Waals surface area contributed by atoms with E-state index >= 15 is 0 Å². The second-order valence-corrected chi connectivity index (χ2v) is 5.77. The molecule has 0 saturated heterocycles. The summed E-state index contributed by atoms with van der Waals surface area (Å²) in [7, 11) is 3.09. The molecule has 0 spiro atoms. The number of ether oxygens (including phenoxy) is 2. The first-order valence-corrected chi connectivity index (χ1v) is 8.39. The average molecular weight is 367 g/mol. The summed E-state index contributed by atoms with van der Waals surface area (Å²) in [4.78, 5) is 12.4. The van der Waals surface area contributed by atoms with Gasteiger partial charge in [0.2, 0.25) is 0 Å². The van der Waals surface area contributed by atoms with E-state index in [0.717, 1.165) is 12.0 Å². The van der Waals surface area contributed by atoms with Crippen LogP contribution >= 0.6 is 0 Å². The van der Waals surface area contributed by atoms with Crippen molar-refractivity contribution in [1.29, 1.82) is 0 Å². The van der Waals surface area contributed by atoms with Crippen LogP contribution in [0.4, 0.5) is 5.82 Å². The van der Waals surface area contributed by atoms with Crippen molar-refractivity contribution in [3.8, 4) is 17.2 Å². The third-order valence-corrected chi connectivity index (χ3v) is 4.07. The number of hydrogen-bond acceptors (Lipinski definition) is 6. The molecule has 0 aliphatic rings. The molecule has 1 amide bonds. The third kappa shape index (κ3) is 4.00. The summed E-state index contributed by atoms with van der Waals surface area (Å²) < 4.78 is 11.9. The van der Waals surface area contributed by atoms with Crippen LogP contribution in [-0.2, 0) is 6.42 Å². The first kappa shape index (κ1) is 18.2. The zero-order valence-corrected chi connectivity index (χ0v) is 15.2. The molecule has 3 N–H and O–H groups in total. The number of carbonyl (C=O) groups excluding carboxylic acids is 1. The molecule has 8 nitrogen and oxygen atoms in total. The van der Waals surface area contributed by atoms with Crippen LogP contribution in [0, 0.1) is 0 Å². The number of methoxy groups -OCH3 is 2. The minimum atomic E-state index is -0.366. The summed E-state index contributed by atoms with van der Waals surface area (Å²) in [6.07, 6.45) is 0.719. The lowest BCUT2D eigenvalue weighted by Gasteiger charge is -2.10. The Bertz CT molecular complexity index is 924. The lowest BCUT2D eigenvalue weighted by molar-refractivity contribution is 0.0950. The largest absolute Gasteiger partial charge is 0.493 e. The van der Waals surface area contributed by atoms with Crippen molar-refractivity contribution in [1.82, 2.24) is 20.3 Å². The average Bonchev–Trinajstić information content (AvgIpc) is 3.09. The number of nitrogens with one attached hydrogen (secondary N) is 1. The van der Waals surface area contributed by atoms with E-state index in [1.165, 1.54) is 11.8 Å². The molecule has 0 aliphatic carbocycles. The molecule has 8 heteroatoms. The van der Waals surface area contributed by atoms with Crippen molar-refractivity contribution in [2.75, 3.05) is 26.5 Å². The number of anilines is 1. The predicted octanol–water partition coefficient (Wildman–Crippen LogP) is 1.84. The van der Waals surface area contributed by atoms with Crippen molar-refractivity contribution in [3.63, 3.8) is 0 Å². The number of hydrogen-bond donors (Lipinski definition) is 2. The number of nitrogens with two attached hydrogens (primary N) is 1. The highest BCUT2D eigenvalue weighted by Crippen LogP contribution is 2.29. The highest BCUT2D eigenvalue weighted by atomic mass is 16.5. The Morgan fingerprint density at radius 1 is 1.11 bits per heavy atom. The van der Waals surface area contributed by atoms with Crippen LogP contribution in [0.2, 0.25) is 0 Å². The molecule has 3 rings (SSSR count). The number of amides is 1. The fraction of sp³-hybridized carbons (Fsp3) is 0.211. The number of nitrogens with zero attached hydrogens (tertiary/aromatic N) is 3. The van der Waals surface area contributed by atoms with E-state index in [0.29, 0.717) is 23.7 Å². The molecule has 1 aromatic heterocycles. The van der Waals surface area contributed by atoms with Gasteiger partial charge in [0.15, 0.2) is 23.0 Å². The standard InChI is InChI=1S/C19H21N5O3/c1-26-15-9-8-14(12-16(15)27-2)24-18(20)17(22-23-24)19(25)21-11-10-13-6-4-3-5-7-13/h3-9,12H,10-11,20H2,1-2H3,(H,21,25). The lowest BCUT2D eigenvalue weighted by atomic mass is 10.1. The van der Waals surface area contributed by atoms with Gasteiger partial charge in [-0.15, -0.1) is 5.10 Å². The Kier molecular flexibility index (Phi) is 5.55. The van der Waals surface area contributed by atoms with Gasteiger partial charge in [-0.05, 0) is 24.1 Å². The first-order chi connectivity index (χ1) is 13.1. The summed E-state index contributed by atoms with van der Waals surface area (Å²) in [6, 6.07) is 15.1. The molecule has 27 heavy (non-hydrogen) atoms. The molecule has 0 atom stereocenters. The second kappa shape index (κ2) is 8.22. The van der Waals surface area contributed by atoms with Crippen LogP contribution in [0.25, 0.3) is 5.69 Å². The first-order valence-electron chi connectivity index (χ1n) is 8.39. The normalized spacial score (nSPS) is 10.4. The van der Waals surface area contributed by atoms with Gasteiger partial charge >= 0.3 is 0 Å². The molecule has 1 heterocycles. The van der Waals surface area contributed by atoms with Crippen LogP contribution in [0.3, 0.4) is 0 Å². The van der Waals surface area contributed by atoms with Crippen molar-refractivity contribution >= 4 is 11.7 Å². The van der Waals surface area contributed by atoms with Gasteiger partial charge in [-0.1, -0.05) is 35.5 Å². The predicted molar refractivity (Wildman–Crippen MR) is 101 cm³/mol. The number of carbonyl (C=O) groups is 1. The monoisotopic (exact) mass is 367 g/mol. The topological polar surface area (TPSA) is 104 Å². The van der Waals surface area contributed by atoms with E-state index in [1.807, 2.05) is 30.3 Å². The maximum absolute atomic E-state index is 12.4. The van der Waals surface area contributed by atoms with Crippen LogP contribution in [0.1, 0.15) is 16.1 Å². The second-order valence-electron chi connectivity index (χ2n) is 5.77. The minimum Gasteiger partial charge on any atom is -0.493 e. The molecule has 3 aromatic rings. The van der Waals surface area contributed by atoms with E-state index in [4.69, 9.17) is 15.2 Å². The van der Waals surface area contributed by atoms with Gasteiger partial charge in [0.05, 0.1) is 19.9 Å². The van der Waals surface area contributed by atoms with E-state index < -0.39 is 0 Å². The maximum atomic E-state index is 12.4. The van der Waals surface area contributed by atoms with Crippen molar-refractivity contribution in [3.05, 3.63) is 59.8 Å². The van der Waals surface area contributed by atoms with Gasteiger partial charge in [-0.2, -0.15) is 4.68 Å². The quantitative estimate of drug-likeness (QED) is 0.660. The fourth-order valence-electron chi connectivity index (χ4n) is 2.65. The van der Waals surface area contributed by atoms with Gasteiger partial charge in [0.25, 0.3) is 5.91 Å². The Hall–Kier alpha value is -3.55. The maximum Gasteiger partial charge on any atom is 0.275 e. The molecular formula is C19H21N5O3. The van der Waals surface area contributed by atoms with E-state index in [-0.39, 0.29) is 17.4 Å². The third-order valence-electron chi connectivity index (χ3n) is 4.07. The Labute approximate surface area is 156 Å². The highest BCUT2D eigenvalue weighted by Gasteiger charge is 2.19. The number of benzene rings is 2. The lowest BCUT2D eigenvalue weighted by Crippen LogP contribution is -2.27. The molecule has 2 aromatic carbocycles. The molecule has 140 valence electrons. The minimum absolute atomic E-state index is 0.0813. The van der Waals surface area contributed by atoms with Crippen LogP contribution < -0.4 is 20.5 Å². The summed E-state index contributed by atoms with van der Waals surface area (Å²) in [5.74, 6) is 0.896. The van der Waals surface area contributed by atoms with Crippen LogP contribution in [-0.4, -0.2) is 41.7 Å². The highest BCUT2D eigenvalue weighted by molar-refractivity contribution is 5.96. The molecular weight excluding hydrogens is 346 g/mol. The summed E-state index contributed by atoms with van der Waals surface area (Å²) in [5.41, 5.74) is 7.92. The summed E-state index contributed by atoms with van der Waals surface area (Å²) >= 11 is 0. The van der Waals surface area contributed by atoms with Crippen molar-refractivity contribution < 1.29 is 14.3 Å². The van der Waals surface area contributed by atoms with E-state index in [2.05, 4.69) is 15.6 Å². The Morgan fingerprint density at radius 3 is 2.56 bits per heavy atom. The van der Waals surface area contributed by atoms with Gasteiger partial charge in [0.1, 0.15) is 0 Å². The Morgan fingerprint density at radius 2 is 1.85 bits per heavy atom. The smallest absolute Gasteiger partial charge is 0.275 e.